The van der Waals surface area contributed by atoms with Gasteiger partial charge in [0.25, 0.3) is 0 Å². The van der Waals surface area contributed by atoms with E-state index in [0.29, 0.717) is 6.54 Å². The molecule has 2 aliphatic rings. The average Bonchev–Trinajstić information content (AvgIpc) is 2.94. The third-order valence-corrected chi connectivity index (χ3v) is 4.35. The van der Waals surface area contributed by atoms with Crippen molar-refractivity contribution in [3.05, 3.63) is 12.2 Å². The lowest BCUT2D eigenvalue weighted by atomic mass is 9.82. The molecule has 0 spiro atoms. The molecule has 2 aliphatic carbocycles. The number of amides is 1. The van der Waals surface area contributed by atoms with Crippen molar-refractivity contribution in [2.45, 2.75) is 18.9 Å². The van der Waals surface area contributed by atoms with E-state index >= 15 is 0 Å². The van der Waals surface area contributed by atoms with Crippen LogP contribution in [0.1, 0.15) is 13.3 Å². The first kappa shape index (κ1) is 16.0. The van der Waals surface area contributed by atoms with Gasteiger partial charge in [-0.25, -0.2) is 0 Å². The molecule has 21 heavy (non-hydrogen) atoms. The van der Waals surface area contributed by atoms with Gasteiger partial charge in [-0.1, -0.05) is 12.2 Å². The maximum atomic E-state index is 12.3. The zero-order valence-corrected chi connectivity index (χ0v) is 12.7. The molecule has 0 saturated heterocycles. The predicted octanol–water partition coefficient (Wildman–Crippen LogP) is -0.0619. The van der Waals surface area contributed by atoms with Crippen molar-refractivity contribution < 1.29 is 19.8 Å². The predicted molar refractivity (Wildman–Crippen MR) is 77.5 cm³/mol. The summed E-state index contributed by atoms with van der Waals surface area (Å²) in [6.45, 7) is 2.20. The zero-order chi connectivity index (χ0) is 15.8. The van der Waals surface area contributed by atoms with Crippen LogP contribution in [0.3, 0.4) is 0 Å². The van der Waals surface area contributed by atoms with Crippen LogP contribution in [-0.2, 0) is 9.59 Å². The maximum Gasteiger partial charge on any atom is 0.307 e. The summed E-state index contributed by atoms with van der Waals surface area (Å²) in [5.74, 6) is -2.36. The fourth-order valence-corrected chi connectivity index (χ4v) is 3.65. The topological polar surface area (TPSA) is 89.9 Å². The Morgan fingerprint density at radius 1 is 1.29 bits per heavy atom. The second-order valence-electron chi connectivity index (χ2n) is 6.79. The Morgan fingerprint density at radius 3 is 2.38 bits per heavy atom. The van der Waals surface area contributed by atoms with Crippen molar-refractivity contribution in [3.8, 4) is 0 Å². The molecule has 1 fully saturated rings. The number of carbonyl (C=O) groups is 2. The summed E-state index contributed by atoms with van der Waals surface area (Å²) in [5, 5.41) is 22.3. The molecule has 3 unspecified atom stereocenters. The van der Waals surface area contributed by atoms with Crippen molar-refractivity contribution in [2.75, 3.05) is 27.2 Å². The molecule has 0 aromatic carbocycles. The van der Waals surface area contributed by atoms with Crippen LogP contribution in [0.25, 0.3) is 0 Å². The van der Waals surface area contributed by atoms with Gasteiger partial charge in [0.2, 0.25) is 5.91 Å². The van der Waals surface area contributed by atoms with Gasteiger partial charge in [0, 0.05) is 13.1 Å². The summed E-state index contributed by atoms with van der Waals surface area (Å²) in [6, 6.07) is 0. The SMILES string of the molecule is CN(C)CC(C)(O)CNC(=O)[C@H]1C2C=CC(C2)[C@H]1C(=O)O. The van der Waals surface area contributed by atoms with Gasteiger partial charge in [-0.05, 0) is 39.3 Å². The smallest absolute Gasteiger partial charge is 0.307 e. The highest BCUT2D eigenvalue weighted by Crippen LogP contribution is 2.48. The molecule has 1 amide bonds. The molecule has 1 saturated carbocycles. The zero-order valence-electron chi connectivity index (χ0n) is 12.7. The van der Waals surface area contributed by atoms with Crippen molar-refractivity contribution in [2.24, 2.45) is 23.7 Å². The largest absolute Gasteiger partial charge is 0.481 e. The van der Waals surface area contributed by atoms with Gasteiger partial charge in [0.05, 0.1) is 17.4 Å². The minimum Gasteiger partial charge on any atom is -0.481 e. The Balaban J connectivity index is 1.97. The molecular weight excluding hydrogens is 272 g/mol. The normalized spacial score (nSPS) is 33.2. The highest BCUT2D eigenvalue weighted by atomic mass is 16.4. The van der Waals surface area contributed by atoms with E-state index in [4.69, 9.17) is 0 Å². The van der Waals surface area contributed by atoms with Crippen molar-refractivity contribution in [3.63, 3.8) is 0 Å². The number of likely N-dealkylation sites (N-methyl/N-ethyl adjacent to an activating group) is 1. The number of hydrogen-bond acceptors (Lipinski definition) is 4. The van der Waals surface area contributed by atoms with Crippen molar-refractivity contribution in [1.29, 1.82) is 0 Å². The summed E-state index contributed by atoms with van der Waals surface area (Å²) in [4.78, 5) is 25.6. The van der Waals surface area contributed by atoms with Gasteiger partial charge < -0.3 is 20.4 Å². The van der Waals surface area contributed by atoms with E-state index in [1.807, 2.05) is 31.1 Å². The second-order valence-corrected chi connectivity index (χ2v) is 6.79. The summed E-state index contributed by atoms with van der Waals surface area (Å²) in [7, 11) is 3.69. The molecule has 0 aromatic rings. The first-order chi connectivity index (χ1) is 9.71. The maximum absolute atomic E-state index is 12.3. The number of nitrogens with zero attached hydrogens (tertiary/aromatic N) is 1. The lowest BCUT2D eigenvalue weighted by Gasteiger charge is -2.29. The summed E-state index contributed by atoms with van der Waals surface area (Å²) in [6.07, 6.45) is 4.60. The third-order valence-electron chi connectivity index (χ3n) is 4.35. The fraction of sp³-hybridized carbons (Fsp3) is 0.733. The van der Waals surface area contributed by atoms with E-state index in [2.05, 4.69) is 5.32 Å². The van der Waals surface area contributed by atoms with Gasteiger partial charge >= 0.3 is 5.97 Å². The number of aliphatic hydroxyl groups is 1. The van der Waals surface area contributed by atoms with Crippen LogP contribution < -0.4 is 5.32 Å². The Morgan fingerprint density at radius 2 is 1.86 bits per heavy atom. The minimum atomic E-state index is -1.04. The first-order valence-electron chi connectivity index (χ1n) is 7.27. The quantitative estimate of drug-likeness (QED) is 0.597. The molecule has 0 aliphatic heterocycles. The Hall–Kier alpha value is -1.40. The van der Waals surface area contributed by atoms with Gasteiger partial charge in [0.15, 0.2) is 0 Å². The molecule has 2 bridgehead atoms. The number of aliphatic carboxylic acids is 1. The highest BCUT2D eigenvalue weighted by Gasteiger charge is 2.51. The van der Waals surface area contributed by atoms with Crippen molar-refractivity contribution >= 4 is 11.9 Å². The number of carboxylic acid groups (broad SMARTS) is 1. The van der Waals surface area contributed by atoms with Crippen LogP contribution in [0.5, 0.6) is 0 Å². The van der Waals surface area contributed by atoms with Crippen molar-refractivity contribution in [1.82, 2.24) is 10.2 Å². The molecule has 5 atom stereocenters. The van der Waals surface area contributed by atoms with E-state index in [0.717, 1.165) is 6.42 Å². The van der Waals surface area contributed by atoms with Gasteiger partial charge in [-0.15, -0.1) is 0 Å². The molecule has 6 nitrogen and oxygen atoms in total. The van der Waals surface area contributed by atoms with E-state index < -0.39 is 23.4 Å². The summed E-state index contributed by atoms with van der Waals surface area (Å²) < 4.78 is 0. The second kappa shape index (κ2) is 5.77. The van der Waals surface area contributed by atoms with Gasteiger partial charge in [-0.3, -0.25) is 9.59 Å². The van der Waals surface area contributed by atoms with E-state index in [9.17, 15) is 19.8 Å². The Labute approximate surface area is 124 Å². The number of hydrogen-bond donors (Lipinski definition) is 3. The van der Waals surface area contributed by atoms with Crippen LogP contribution >= 0.6 is 0 Å². The molecule has 2 rings (SSSR count). The van der Waals surface area contributed by atoms with Crippen LogP contribution in [0.4, 0.5) is 0 Å². The molecule has 3 N–H and O–H groups in total. The van der Waals surface area contributed by atoms with Gasteiger partial charge in [0.1, 0.15) is 0 Å². The number of carboxylic acids is 1. The summed E-state index contributed by atoms with van der Waals surface area (Å²) in [5.41, 5.74) is -1.04. The van der Waals surface area contributed by atoms with Gasteiger partial charge in [-0.2, -0.15) is 0 Å². The van der Waals surface area contributed by atoms with Crippen LogP contribution in [0, 0.1) is 23.7 Å². The number of nitrogens with one attached hydrogen (secondary N) is 1. The Kier molecular flexibility index (Phi) is 4.39. The fourth-order valence-electron chi connectivity index (χ4n) is 3.65. The molecule has 0 radical (unpaired) electrons. The monoisotopic (exact) mass is 296 g/mol. The number of fused-ring (bicyclic) bond motifs is 2. The number of allylic oxidation sites excluding steroid dienone is 2. The number of carbonyl (C=O) groups excluding carboxylic acids is 1. The van der Waals surface area contributed by atoms with E-state index in [-0.39, 0.29) is 24.3 Å². The molecule has 0 heterocycles. The lowest BCUT2D eigenvalue weighted by molar-refractivity contribution is -0.148. The highest BCUT2D eigenvalue weighted by molar-refractivity contribution is 5.86. The third kappa shape index (κ3) is 3.44. The minimum absolute atomic E-state index is 0.00916. The molecule has 6 heteroatoms. The van der Waals surface area contributed by atoms with Crippen LogP contribution in [0.2, 0.25) is 0 Å². The van der Waals surface area contributed by atoms with E-state index in [1.54, 1.807) is 6.92 Å². The van der Waals surface area contributed by atoms with Crippen LogP contribution in [-0.4, -0.2) is 59.8 Å². The van der Waals surface area contributed by atoms with Crippen LogP contribution in [0.15, 0.2) is 12.2 Å². The Bertz CT molecular complexity index is 459. The lowest BCUT2D eigenvalue weighted by Crippen LogP contribution is -2.49. The molecule has 0 aromatic heterocycles. The number of rotatable bonds is 6. The molecule has 118 valence electrons. The molecular formula is C15H24N2O4. The summed E-state index contributed by atoms with van der Waals surface area (Å²) >= 11 is 0. The first-order valence-corrected chi connectivity index (χ1v) is 7.27. The van der Waals surface area contributed by atoms with E-state index in [1.165, 1.54) is 0 Å². The standard InChI is InChI=1S/C15H24N2O4/c1-15(21,8-17(2)3)7-16-13(18)11-9-4-5-10(6-9)12(11)14(19)20/h4-5,9-12,21H,6-8H2,1-3H3,(H,16,18)(H,19,20)/t9?,10?,11-,12+,15?/m0/s1. The average molecular weight is 296 g/mol.